The molecular weight excluding hydrogens is 351 g/mol. The van der Waals surface area contributed by atoms with Gasteiger partial charge in [0.1, 0.15) is 12.7 Å². The fraction of sp³-hybridized carbons (Fsp3) is 0.526. The molecule has 27 heavy (non-hydrogen) atoms. The first-order valence-corrected chi connectivity index (χ1v) is 9.17. The summed E-state index contributed by atoms with van der Waals surface area (Å²) >= 11 is 0. The summed E-state index contributed by atoms with van der Waals surface area (Å²) < 4.78 is 20.5. The number of likely N-dealkylation sites (tertiary alicyclic amines) is 1. The highest BCUT2D eigenvalue weighted by molar-refractivity contribution is 5.79. The van der Waals surface area contributed by atoms with Gasteiger partial charge < -0.3 is 14.7 Å². The molecule has 1 aliphatic carbocycles. The van der Waals surface area contributed by atoms with Crippen LogP contribution in [0.15, 0.2) is 30.9 Å². The molecular formula is C19H23FN4O3. The molecule has 2 fully saturated rings. The molecule has 0 bridgehead atoms. The Morgan fingerprint density at radius 2 is 2.11 bits per heavy atom. The standard InChI is InChI=1S/C19H23FN4O3/c1-27-18-3-2-12(4-15(18)20)5-19(26)23-8-13-6-16(24-11-21-10-22-24)17(25)7-14(13)9-23/h2-4,10-11,13-14,16-17,25H,5-9H2,1H3/t13-,14+,16-,17-/m1/s1. The van der Waals surface area contributed by atoms with E-state index in [1.54, 1.807) is 23.1 Å². The number of methoxy groups -OCH3 is 1. The second kappa shape index (κ2) is 7.26. The van der Waals surface area contributed by atoms with E-state index in [9.17, 15) is 14.3 Å². The van der Waals surface area contributed by atoms with Crippen LogP contribution < -0.4 is 4.74 Å². The van der Waals surface area contributed by atoms with E-state index in [-0.39, 0.29) is 30.0 Å². The third-order valence-corrected chi connectivity index (χ3v) is 5.81. The Kier molecular flexibility index (Phi) is 4.82. The van der Waals surface area contributed by atoms with E-state index in [1.807, 2.05) is 4.90 Å². The summed E-state index contributed by atoms with van der Waals surface area (Å²) in [4.78, 5) is 18.5. The maximum Gasteiger partial charge on any atom is 0.227 e. The summed E-state index contributed by atoms with van der Waals surface area (Å²) in [5.74, 6) is 0.319. The molecule has 1 saturated heterocycles. The highest BCUT2D eigenvalue weighted by Crippen LogP contribution is 2.41. The second-order valence-corrected chi connectivity index (χ2v) is 7.45. The van der Waals surface area contributed by atoms with Crippen molar-refractivity contribution in [3.05, 3.63) is 42.2 Å². The number of hydrogen-bond acceptors (Lipinski definition) is 5. The summed E-state index contributed by atoms with van der Waals surface area (Å²) in [5.41, 5.74) is 0.633. The second-order valence-electron chi connectivity index (χ2n) is 7.45. The topological polar surface area (TPSA) is 80.5 Å². The third kappa shape index (κ3) is 3.53. The Hall–Kier alpha value is -2.48. The van der Waals surface area contributed by atoms with Crippen LogP contribution in [-0.2, 0) is 11.2 Å². The van der Waals surface area contributed by atoms with Crippen molar-refractivity contribution in [3.63, 3.8) is 0 Å². The molecule has 1 amide bonds. The molecule has 1 saturated carbocycles. The lowest BCUT2D eigenvalue weighted by atomic mass is 9.77. The number of carbonyl (C=O) groups excluding carboxylic acids is 1. The van der Waals surface area contributed by atoms with Gasteiger partial charge in [-0.2, -0.15) is 5.10 Å². The van der Waals surface area contributed by atoms with Crippen LogP contribution in [-0.4, -0.2) is 57.0 Å². The van der Waals surface area contributed by atoms with Crippen molar-refractivity contribution in [1.82, 2.24) is 19.7 Å². The van der Waals surface area contributed by atoms with Crippen molar-refractivity contribution >= 4 is 5.91 Å². The maximum atomic E-state index is 13.8. The fourth-order valence-electron chi connectivity index (χ4n) is 4.39. The number of benzene rings is 1. The SMILES string of the molecule is COc1ccc(CC(=O)N2C[C@H]3C[C@@H](n4cncn4)[C@H](O)C[C@H]3C2)cc1F. The van der Waals surface area contributed by atoms with Crippen molar-refractivity contribution in [1.29, 1.82) is 0 Å². The van der Waals surface area contributed by atoms with Crippen molar-refractivity contribution in [3.8, 4) is 5.75 Å². The largest absolute Gasteiger partial charge is 0.494 e. The number of ether oxygens (including phenoxy) is 1. The lowest BCUT2D eigenvalue weighted by Gasteiger charge is -2.34. The van der Waals surface area contributed by atoms with Gasteiger partial charge in [0, 0.05) is 13.1 Å². The molecule has 2 aromatic rings. The van der Waals surface area contributed by atoms with Crippen molar-refractivity contribution < 1.29 is 19.0 Å². The number of nitrogens with zero attached hydrogens (tertiary/aromatic N) is 4. The van der Waals surface area contributed by atoms with Gasteiger partial charge in [-0.25, -0.2) is 14.1 Å². The van der Waals surface area contributed by atoms with Gasteiger partial charge in [0.25, 0.3) is 0 Å². The Labute approximate surface area is 156 Å². The summed E-state index contributed by atoms with van der Waals surface area (Å²) in [6.45, 7) is 1.31. The summed E-state index contributed by atoms with van der Waals surface area (Å²) in [7, 11) is 1.41. The molecule has 1 N–H and O–H groups in total. The Morgan fingerprint density at radius 3 is 2.78 bits per heavy atom. The van der Waals surface area contributed by atoms with Crippen LogP contribution in [0.4, 0.5) is 4.39 Å². The number of amides is 1. The first-order valence-electron chi connectivity index (χ1n) is 9.17. The monoisotopic (exact) mass is 374 g/mol. The first kappa shape index (κ1) is 17.9. The predicted molar refractivity (Wildman–Crippen MR) is 94.5 cm³/mol. The molecule has 2 heterocycles. The van der Waals surface area contributed by atoms with E-state index >= 15 is 0 Å². The molecule has 0 radical (unpaired) electrons. The lowest BCUT2D eigenvalue weighted by molar-refractivity contribution is -0.129. The van der Waals surface area contributed by atoms with Crippen molar-refractivity contribution in [2.75, 3.05) is 20.2 Å². The first-order chi connectivity index (χ1) is 13.0. The van der Waals surface area contributed by atoms with Gasteiger partial charge >= 0.3 is 0 Å². The summed E-state index contributed by atoms with van der Waals surface area (Å²) in [5, 5.41) is 14.6. The van der Waals surface area contributed by atoms with E-state index in [4.69, 9.17) is 4.74 Å². The van der Waals surface area contributed by atoms with Gasteiger partial charge in [0.2, 0.25) is 5.91 Å². The number of carbonyl (C=O) groups is 1. The minimum Gasteiger partial charge on any atom is -0.494 e. The third-order valence-electron chi connectivity index (χ3n) is 5.81. The van der Waals surface area contributed by atoms with Gasteiger partial charge in [0.05, 0.1) is 25.7 Å². The van der Waals surface area contributed by atoms with Crippen LogP contribution in [0.2, 0.25) is 0 Å². The Morgan fingerprint density at radius 1 is 1.33 bits per heavy atom. The van der Waals surface area contributed by atoms with Crippen molar-refractivity contribution in [2.24, 2.45) is 11.8 Å². The normalized spacial score (nSPS) is 27.4. The fourth-order valence-corrected chi connectivity index (χ4v) is 4.39. The van der Waals surface area contributed by atoms with Gasteiger partial charge in [-0.3, -0.25) is 4.79 Å². The quantitative estimate of drug-likeness (QED) is 0.876. The number of halogens is 1. The number of aliphatic hydroxyl groups excluding tert-OH is 1. The van der Waals surface area contributed by atoms with Crippen LogP contribution in [0.25, 0.3) is 0 Å². The number of aromatic nitrogens is 3. The minimum absolute atomic E-state index is 0.0132. The molecule has 1 aromatic heterocycles. The number of rotatable bonds is 4. The summed E-state index contributed by atoms with van der Waals surface area (Å²) in [6, 6.07) is 4.51. The highest BCUT2D eigenvalue weighted by atomic mass is 19.1. The molecule has 4 rings (SSSR count). The maximum absolute atomic E-state index is 13.8. The molecule has 144 valence electrons. The lowest BCUT2D eigenvalue weighted by Crippen LogP contribution is -2.36. The number of fused-ring (bicyclic) bond motifs is 1. The molecule has 8 heteroatoms. The summed E-state index contributed by atoms with van der Waals surface area (Å²) in [6.07, 6.45) is 4.20. The molecule has 4 atom stereocenters. The van der Waals surface area contributed by atoms with Gasteiger partial charge in [-0.1, -0.05) is 6.07 Å². The number of hydrogen-bond donors (Lipinski definition) is 1. The molecule has 2 aliphatic rings. The van der Waals surface area contributed by atoms with Crippen molar-refractivity contribution in [2.45, 2.75) is 31.4 Å². The average Bonchev–Trinajstić information content (AvgIpc) is 3.30. The van der Waals surface area contributed by atoms with Crippen LogP contribution in [0.5, 0.6) is 5.75 Å². The van der Waals surface area contributed by atoms with Crippen LogP contribution in [0.1, 0.15) is 24.4 Å². The van der Waals surface area contributed by atoms with E-state index < -0.39 is 11.9 Å². The van der Waals surface area contributed by atoms with Crippen LogP contribution in [0.3, 0.4) is 0 Å². The molecule has 0 spiro atoms. The molecule has 0 unspecified atom stereocenters. The van der Waals surface area contributed by atoms with E-state index in [0.29, 0.717) is 31.0 Å². The zero-order chi connectivity index (χ0) is 19.0. The minimum atomic E-state index is -0.487. The number of aliphatic hydroxyl groups is 1. The van der Waals surface area contributed by atoms with E-state index in [1.165, 1.54) is 19.5 Å². The highest BCUT2D eigenvalue weighted by Gasteiger charge is 2.43. The Balaban J connectivity index is 1.40. The van der Waals surface area contributed by atoms with Crippen LogP contribution >= 0.6 is 0 Å². The zero-order valence-corrected chi connectivity index (χ0v) is 15.2. The Bertz CT molecular complexity index is 813. The van der Waals surface area contributed by atoms with Gasteiger partial charge in [-0.05, 0) is 42.4 Å². The average molecular weight is 374 g/mol. The van der Waals surface area contributed by atoms with Gasteiger partial charge in [0.15, 0.2) is 11.6 Å². The molecule has 1 aliphatic heterocycles. The van der Waals surface area contributed by atoms with Gasteiger partial charge in [-0.15, -0.1) is 0 Å². The van der Waals surface area contributed by atoms with E-state index in [2.05, 4.69) is 10.1 Å². The zero-order valence-electron chi connectivity index (χ0n) is 15.2. The van der Waals surface area contributed by atoms with Crippen LogP contribution in [0, 0.1) is 17.7 Å². The smallest absolute Gasteiger partial charge is 0.227 e. The predicted octanol–water partition coefficient (Wildman–Crippen LogP) is 1.44. The van der Waals surface area contributed by atoms with E-state index in [0.717, 1.165) is 6.42 Å². The molecule has 7 nitrogen and oxygen atoms in total. The molecule has 1 aromatic carbocycles.